The molecule has 0 heterocycles. The van der Waals surface area contributed by atoms with Gasteiger partial charge in [0.1, 0.15) is 11.5 Å². The number of carbonyl (C=O) groups is 2. The van der Waals surface area contributed by atoms with Crippen LogP contribution >= 0.6 is 0 Å². The van der Waals surface area contributed by atoms with E-state index in [1.807, 2.05) is 6.07 Å². The summed E-state index contributed by atoms with van der Waals surface area (Å²) in [6.45, 7) is -2.97. The number of amides is 1. The molecule has 2 aromatic carbocycles. The lowest BCUT2D eigenvalue weighted by Gasteiger charge is -2.07. The van der Waals surface area contributed by atoms with E-state index in [2.05, 4.69) is 10.1 Å². The summed E-state index contributed by atoms with van der Waals surface area (Å²) in [4.78, 5) is 23.5. The number of rotatable bonds is 10. The minimum absolute atomic E-state index is 0.0703. The molecule has 0 atom stereocenters. The van der Waals surface area contributed by atoms with Gasteiger partial charge < -0.3 is 19.5 Å². The van der Waals surface area contributed by atoms with E-state index in [0.717, 1.165) is 5.56 Å². The Balaban J connectivity index is 1.69. The van der Waals surface area contributed by atoms with E-state index in [-0.39, 0.29) is 5.75 Å². The first kappa shape index (κ1) is 21.9. The highest BCUT2D eigenvalue weighted by atomic mass is 19.3. The molecule has 8 heteroatoms. The van der Waals surface area contributed by atoms with Crippen molar-refractivity contribution in [2.75, 3.05) is 20.3 Å². The average molecular weight is 405 g/mol. The summed E-state index contributed by atoms with van der Waals surface area (Å²) in [6.07, 6.45) is 3.25. The number of alkyl halides is 2. The Morgan fingerprint density at radius 1 is 1.10 bits per heavy atom. The quantitative estimate of drug-likeness (QED) is 0.485. The Morgan fingerprint density at radius 2 is 1.83 bits per heavy atom. The number of halogens is 2. The maximum atomic E-state index is 12.1. The summed E-state index contributed by atoms with van der Waals surface area (Å²) in [5.41, 5.74) is 1.55. The third-order valence-electron chi connectivity index (χ3n) is 3.77. The van der Waals surface area contributed by atoms with Crippen molar-refractivity contribution in [2.24, 2.45) is 0 Å². The van der Waals surface area contributed by atoms with Crippen molar-refractivity contribution >= 4 is 18.0 Å². The summed E-state index contributed by atoms with van der Waals surface area (Å²) < 4.78 is 38.5. The summed E-state index contributed by atoms with van der Waals surface area (Å²) in [6, 6.07) is 13.3. The van der Waals surface area contributed by atoms with E-state index < -0.39 is 25.1 Å². The second-order valence-corrected chi connectivity index (χ2v) is 5.81. The molecule has 0 aromatic heterocycles. The first-order valence-electron chi connectivity index (χ1n) is 8.76. The highest BCUT2D eigenvalue weighted by molar-refractivity contribution is 5.89. The van der Waals surface area contributed by atoms with E-state index >= 15 is 0 Å². The molecule has 0 fully saturated rings. The second-order valence-electron chi connectivity index (χ2n) is 5.81. The molecule has 0 radical (unpaired) electrons. The van der Waals surface area contributed by atoms with Crippen molar-refractivity contribution in [3.8, 4) is 11.5 Å². The van der Waals surface area contributed by atoms with E-state index in [1.54, 1.807) is 36.4 Å². The van der Waals surface area contributed by atoms with Crippen LogP contribution in [-0.4, -0.2) is 38.7 Å². The molecule has 2 rings (SSSR count). The largest absolute Gasteiger partial charge is 0.496 e. The minimum atomic E-state index is -2.87. The maximum Gasteiger partial charge on any atom is 0.387 e. The van der Waals surface area contributed by atoms with E-state index in [1.165, 1.54) is 25.3 Å². The molecule has 0 saturated carbocycles. The zero-order valence-electron chi connectivity index (χ0n) is 15.8. The number of para-hydroxylation sites is 1. The predicted molar refractivity (Wildman–Crippen MR) is 103 cm³/mol. The summed E-state index contributed by atoms with van der Waals surface area (Å²) >= 11 is 0. The number of hydrogen-bond acceptors (Lipinski definition) is 5. The van der Waals surface area contributed by atoms with E-state index in [4.69, 9.17) is 9.47 Å². The Kier molecular flexibility index (Phi) is 8.62. The number of nitrogens with one attached hydrogen (secondary N) is 1. The molecular formula is C21H21F2NO5. The van der Waals surface area contributed by atoms with Gasteiger partial charge in [0.25, 0.3) is 5.91 Å². The highest BCUT2D eigenvalue weighted by Gasteiger charge is 2.06. The third-order valence-corrected chi connectivity index (χ3v) is 3.77. The zero-order valence-corrected chi connectivity index (χ0v) is 15.8. The van der Waals surface area contributed by atoms with Crippen molar-refractivity contribution < 1.29 is 32.6 Å². The van der Waals surface area contributed by atoms with Gasteiger partial charge in [-0.15, -0.1) is 0 Å². The van der Waals surface area contributed by atoms with E-state index in [0.29, 0.717) is 24.3 Å². The van der Waals surface area contributed by atoms with E-state index in [9.17, 15) is 18.4 Å². The Labute approximate surface area is 167 Å². The number of methoxy groups -OCH3 is 1. The molecule has 0 saturated heterocycles. The third kappa shape index (κ3) is 8.00. The fourth-order valence-corrected chi connectivity index (χ4v) is 2.38. The normalized spacial score (nSPS) is 10.8. The summed E-state index contributed by atoms with van der Waals surface area (Å²) in [5, 5.41) is 2.61. The fraction of sp³-hybridized carbons (Fsp3) is 0.238. The molecular weight excluding hydrogens is 384 g/mol. The van der Waals surface area contributed by atoms with Crippen LogP contribution in [0.5, 0.6) is 11.5 Å². The van der Waals surface area contributed by atoms with Gasteiger partial charge in [0.15, 0.2) is 6.61 Å². The van der Waals surface area contributed by atoms with Crippen LogP contribution in [0.25, 0.3) is 6.08 Å². The molecule has 0 aliphatic rings. The van der Waals surface area contributed by atoms with Gasteiger partial charge in [-0.25, -0.2) is 4.79 Å². The molecule has 0 bridgehead atoms. The first-order chi connectivity index (χ1) is 14.0. The van der Waals surface area contributed by atoms with Crippen molar-refractivity contribution in [3.63, 3.8) is 0 Å². The van der Waals surface area contributed by atoms with Gasteiger partial charge in [-0.1, -0.05) is 30.3 Å². The first-order valence-corrected chi connectivity index (χ1v) is 8.76. The molecule has 0 unspecified atom stereocenters. The highest BCUT2D eigenvalue weighted by Crippen LogP contribution is 2.18. The lowest BCUT2D eigenvalue weighted by Crippen LogP contribution is -2.30. The summed E-state index contributed by atoms with van der Waals surface area (Å²) in [7, 11) is 1.53. The predicted octanol–water partition coefficient (Wildman–Crippen LogP) is 3.21. The standard InChI is InChI=1S/C21H21F2NO5/c1-27-18-5-3-2-4-16(18)8-11-20(26)28-14-19(25)24-13-12-15-6-9-17(10-7-15)29-21(22)23/h2-11,21H,12-14H2,1H3,(H,24,25)/b11-8+. The lowest BCUT2D eigenvalue weighted by atomic mass is 10.1. The maximum absolute atomic E-state index is 12.1. The molecule has 154 valence electrons. The second kappa shape index (κ2) is 11.4. The van der Waals surface area contributed by atoms with Crippen LogP contribution in [0.1, 0.15) is 11.1 Å². The number of ether oxygens (including phenoxy) is 3. The monoisotopic (exact) mass is 405 g/mol. The topological polar surface area (TPSA) is 73.9 Å². The molecule has 2 aromatic rings. The molecule has 0 aliphatic carbocycles. The van der Waals surface area contributed by atoms with Crippen LogP contribution in [0, 0.1) is 0 Å². The zero-order chi connectivity index (χ0) is 21.1. The number of benzene rings is 2. The van der Waals surface area contributed by atoms with Gasteiger partial charge in [0.05, 0.1) is 7.11 Å². The van der Waals surface area contributed by atoms with Crippen molar-refractivity contribution in [2.45, 2.75) is 13.0 Å². The molecule has 1 N–H and O–H groups in total. The Hall–Kier alpha value is -3.42. The van der Waals surface area contributed by atoms with Gasteiger partial charge in [-0.3, -0.25) is 4.79 Å². The Bertz CT molecular complexity index is 837. The van der Waals surface area contributed by atoms with Gasteiger partial charge in [-0.05, 0) is 36.3 Å². The molecule has 29 heavy (non-hydrogen) atoms. The molecule has 1 amide bonds. The molecule has 0 aliphatic heterocycles. The lowest BCUT2D eigenvalue weighted by molar-refractivity contribution is -0.143. The van der Waals surface area contributed by atoms with Crippen LogP contribution in [0.4, 0.5) is 8.78 Å². The van der Waals surface area contributed by atoms with Crippen LogP contribution < -0.4 is 14.8 Å². The van der Waals surface area contributed by atoms with Crippen molar-refractivity contribution in [1.29, 1.82) is 0 Å². The van der Waals surface area contributed by atoms with Crippen molar-refractivity contribution in [3.05, 3.63) is 65.7 Å². The Morgan fingerprint density at radius 3 is 2.52 bits per heavy atom. The molecule has 6 nitrogen and oxygen atoms in total. The average Bonchev–Trinajstić information content (AvgIpc) is 2.71. The SMILES string of the molecule is COc1ccccc1/C=C/C(=O)OCC(=O)NCCc1ccc(OC(F)F)cc1. The van der Waals surface area contributed by atoms with Crippen LogP contribution in [0.15, 0.2) is 54.6 Å². The fourth-order valence-electron chi connectivity index (χ4n) is 2.38. The van der Waals surface area contributed by atoms with Gasteiger partial charge >= 0.3 is 12.6 Å². The van der Waals surface area contributed by atoms with Crippen LogP contribution in [-0.2, 0) is 20.7 Å². The smallest absolute Gasteiger partial charge is 0.387 e. The number of carbonyl (C=O) groups excluding carboxylic acids is 2. The van der Waals surface area contributed by atoms with Gasteiger partial charge in [0, 0.05) is 18.2 Å². The van der Waals surface area contributed by atoms with Crippen molar-refractivity contribution in [1.82, 2.24) is 5.32 Å². The number of esters is 1. The van der Waals surface area contributed by atoms with Crippen LogP contribution in [0.2, 0.25) is 0 Å². The van der Waals surface area contributed by atoms with Crippen LogP contribution in [0.3, 0.4) is 0 Å². The van der Waals surface area contributed by atoms with Gasteiger partial charge in [-0.2, -0.15) is 8.78 Å². The summed E-state index contributed by atoms with van der Waals surface area (Å²) in [5.74, 6) is -0.411. The molecule has 0 spiro atoms. The minimum Gasteiger partial charge on any atom is -0.496 e. The van der Waals surface area contributed by atoms with Gasteiger partial charge in [0.2, 0.25) is 0 Å². The number of hydrogen-bond donors (Lipinski definition) is 1.